The topological polar surface area (TPSA) is 33.5 Å². The van der Waals surface area contributed by atoms with Gasteiger partial charge < -0.3 is 19.1 Å². The normalized spacial score (nSPS) is 12.9. The zero-order valence-corrected chi connectivity index (χ0v) is 33.1. The molecule has 0 aliphatic carbocycles. The van der Waals surface area contributed by atoms with Crippen molar-refractivity contribution in [2.75, 3.05) is 9.80 Å². The molecule has 5 nitrogen and oxygen atoms in total. The van der Waals surface area contributed by atoms with Gasteiger partial charge in [0.25, 0.3) is 0 Å². The largest absolute Gasteiger partial charge is 0.509 e. The number of pyridine rings is 1. The Labute approximate surface area is 337 Å². The molecule has 9 rings (SSSR count). The number of ether oxygens (including phenoxy) is 1. The van der Waals surface area contributed by atoms with Crippen LogP contribution in [0.5, 0.6) is 11.5 Å². The predicted molar refractivity (Wildman–Crippen MR) is 218 cm³/mol. The van der Waals surface area contributed by atoms with E-state index < -0.39 is 5.89 Å². The Hall–Kier alpha value is -5.71. The van der Waals surface area contributed by atoms with Crippen LogP contribution in [-0.4, -0.2) is 9.55 Å². The number of nitrogens with zero attached hydrogens (tertiary/aromatic N) is 4. The SMILES string of the molecule is [2H]C(C)(C)c1ccccc1-c1cc(Oc2[c-]c3c(cc2)c2ccccc2n3-c2cc(C(C)C)ccn2)[c-]c(N2[CH-]N(c3ccc(F)cc3)c3ccccc32)c1.[Pt]. The molecular formula is C48H38FN4OPt-3. The summed E-state index contributed by atoms with van der Waals surface area (Å²) in [6, 6.07) is 50.4. The number of benzene rings is 6. The van der Waals surface area contributed by atoms with Gasteiger partial charge in [0, 0.05) is 62.7 Å². The second-order valence-corrected chi connectivity index (χ2v) is 14.1. The van der Waals surface area contributed by atoms with Crippen LogP contribution in [0.1, 0.15) is 52.0 Å². The summed E-state index contributed by atoms with van der Waals surface area (Å²) in [7, 11) is 0. The molecule has 0 bridgehead atoms. The Kier molecular flexibility index (Phi) is 9.45. The summed E-state index contributed by atoms with van der Waals surface area (Å²) < 4.78 is 31.9. The summed E-state index contributed by atoms with van der Waals surface area (Å²) in [6.45, 7) is 10.2. The number of hydrogen-bond donors (Lipinski definition) is 0. The van der Waals surface area contributed by atoms with Gasteiger partial charge >= 0.3 is 0 Å². The third kappa shape index (κ3) is 6.70. The Morgan fingerprint density at radius 3 is 2.24 bits per heavy atom. The van der Waals surface area contributed by atoms with Crippen LogP contribution in [0.2, 0.25) is 0 Å². The number of fused-ring (bicyclic) bond motifs is 4. The summed E-state index contributed by atoms with van der Waals surface area (Å²) in [4.78, 5) is 8.92. The van der Waals surface area contributed by atoms with E-state index in [2.05, 4.69) is 90.0 Å². The summed E-state index contributed by atoms with van der Waals surface area (Å²) in [5.41, 5.74) is 9.28. The van der Waals surface area contributed by atoms with E-state index in [-0.39, 0.29) is 26.9 Å². The molecule has 0 unspecified atom stereocenters. The molecule has 0 atom stereocenters. The molecule has 0 spiro atoms. The van der Waals surface area contributed by atoms with Gasteiger partial charge in [0.2, 0.25) is 0 Å². The zero-order valence-electron chi connectivity index (χ0n) is 31.8. The van der Waals surface area contributed by atoms with Crippen LogP contribution >= 0.6 is 0 Å². The van der Waals surface area contributed by atoms with Crippen molar-refractivity contribution in [1.29, 1.82) is 0 Å². The van der Waals surface area contributed by atoms with E-state index in [9.17, 15) is 4.39 Å². The van der Waals surface area contributed by atoms with Gasteiger partial charge in [-0.25, -0.2) is 9.37 Å². The second kappa shape index (κ2) is 14.8. The monoisotopic (exact) mass is 901 g/mol. The van der Waals surface area contributed by atoms with E-state index in [1.807, 2.05) is 86.2 Å². The first-order valence-corrected chi connectivity index (χ1v) is 18.2. The number of anilines is 4. The van der Waals surface area contributed by atoms with Gasteiger partial charge in [-0.15, -0.1) is 53.6 Å². The average molecular weight is 902 g/mol. The molecule has 55 heavy (non-hydrogen) atoms. The summed E-state index contributed by atoms with van der Waals surface area (Å²) in [5.74, 6) is 1.06. The van der Waals surface area contributed by atoms with E-state index in [0.717, 1.165) is 67.1 Å². The molecule has 0 fully saturated rings. The summed E-state index contributed by atoms with van der Waals surface area (Å²) >= 11 is 0. The van der Waals surface area contributed by atoms with Crippen LogP contribution in [0.15, 0.2) is 140 Å². The third-order valence-electron chi connectivity index (χ3n) is 10.0. The molecule has 1 aliphatic heterocycles. The predicted octanol–water partition coefficient (Wildman–Crippen LogP) is 13.0. The molecule has 0 saturated carbocycles. The fourth-order valence-corrected chi connectivity index (χ4v) is 7.36. The number of rotatable bonds is 8. The van der Waals surface area contributed by atoms with Crippen molar-refractivity contribution < 1.29 is 31.6 Å². The standard InChI is InChI=1S/C48H38FN4O.Pt/c1-31(2)33-23-24-50-48(27-33)53-44-14-8-7-13-42(44)43-22-21-38(29-47(43)53)54-39-26-34(41-12-6-5-11-40(41)32(3)4)25-37(28-39)52-30-51(36-19-17-35(49)18-20-36)45-15-9-10-16-46(45)52;/h5-27,30-32H,1-4H3;/q-3;/i32D;. The van der Waals surface area contributed by atoms with Crippen molar-refractivity contribution in [3.05, 3.63) is 175 Å². The molecule has 276 valence electrons. The number of para-hydroxylation sites is 3. The molecule has 0 saturated heterocycles. The van der Waals surface area contributed by atoms with Gasteiger partial charge in [-0.05, 0) is 88.5 Å². The molecule has 6 aromatic carbocycles. The number of hydrogen-bond acceptors (Lipinski definition) is 4. The molecule has 8 aromatic rings. The molecule has 0 radical (unpaired) electrons. The van der Waals surface area contributed by atoms with Gasteiger partial charge in [-0.1, -0.05) is 87.8 Å². The first-order chi connectivity index (χ1) is 26.6. The van der Waals surface area contributed by atoms with Gasteiger partial charge in [0.15, 0.2) is 0 Å². The van der Waals surface area contributed by atoms with Crippen LogP contribution in [0.4, 0.5) is 27.1 Å². The van der Waals surface area contributed by atoms with Crippen molar-refractivity contribution in [3.8, 4) is 28.4 Å². The van der Waals surface area contributed by atoms with Gasteiger partial charge in [-0.2, -0.15) is 6.07 Å². The fourth-order valence-electron chi connectivity index (χ4n) is 7.36. The summed E-state index contributed by atoms with van der Waals surface area (Å²) in [6.07, 6.45) is 1.87. The minimum absolute atomic E-state index is 0. The van der Waals surface area contributed by atoms with Crippen molar-refractivity contribution in [1.82, 2.24) is 9.55 Å². The molecule has 0 N–H and O–H groups in total. The molecule has 3 heterocycles. The second-order valence-electron chi connectivity index (χ2n) is 14.1. The van der Waals surface area contributed by atoms with Gasteiger partial charge in [0.1, 0.15) is 11.6 Å². The molecular weight excluding hydrogens is 863 g/mol. The first kappa shape index (κ1) is 35.0. The maximum Gasteiger partial charge on any atom is 0.135 e. The van der Waals surface area contributed by atoms with E-state index in [0.29, 0.717) is 17.4 Å². The summed E-state index contributed by atoms with van der Waals surface area (Å²) in [5, 5.41) is 2.16. The minimum atomic E-state index is -0.851. The van der Waals surface area contributed by atoms with Gasteiger partial charge in [-0.3, -0.25) is 0 Å². The van der Waals surface area contributed by atoms with E-state index >= 15 is 0 Å². The van der Waals surface area contributed by atoms with Crippen molar-refractivity contribution in [2.24, 2.45) is 0 Å². The van der Waals surface area contributed by atoms with Crippen LogP contribution in [0.3, 0.4) is 0 Å². The van der Waals surface area contributed by atoms with Crippen molar-refractivity contribution in [3.63, 3.8) is 0 Å². The number of halogens is 1. The average Bonchev–Trinajstić information content (AvgIpc) is 3.74. The third-order valence-corrected chi connectivity index (χ3v) is 10.0. The number of aromatic nitrogens is 2. The maximum atomic E-state index is 14.0. The van der Waals surface area contributed by atoms with Crippen molar-refractivity contribution >= 4 is 44.6 Å². The zero-order chi connectivity index (χ0) is 37.8. The Morgan fingerprint density at radius 2 is 1.45 bits per heavy atom. The molecule has 7 heteroatoms. The fraction of sp³-hybridized carbons (Fsp3) is 0.125. The Bertz CT molecular complexity index is 2720. The van der Waals surface area contributed by atoms with Crippen LogP contribution in [-0.2, 0) is 21.1 Å². The Balaban J connectivity index is 0.00000441. The van der Waals surface area contributed by atoms with E-state index in [1.165, 1.54) is 17.7 Å². The van der Waals surface area contributed by atoms with E-state index in [1.54, 1.807) is 12.1 Å². The quantitative estimate of drug-likeness (QED) is 0.142. The van der Waals surface area contributed by atoms with Crippen molar-refractivity contribution in [2.45, 2.75) is 39.5 Å². The minimum Gasteiger partial charge on any atom is -0.509 e. The Morgan fingerprint density at radius 1 is 0.727 bits per heavy atom. The smallest absolute Gasteiger partial charge is 0.135 e. The van der Waals surface area contributed by atoms with Gasteiger partial charge in [0.05, 0.1) is 0 Å². The first-order valence-electron chi connectivity index (χ1n) is 18.7. The van der Waals surface area contributed by atoms with Crippen LogP contribution in [0, 0.1) is 24.6 Å². The maximum absolute atomic E-state index is 14.0. The molecule has 2 aromatic heterocycles. The van der Waals surface area contributed by atoms with E-state index in [4.69, 9.17) is 11.1 Å². The molecule has 0 amide bonds. The van der Waals surface area contributed by atoms with Crippen LogP contribution < -0.4 is 14.5 Å². The van der Waals surface area contributed by atoms with Crippen LogP contribution in [0.25, 0.3) is 38.8 Å². The molecule has 1 aliphatic rings.